The third-order valence-electron chi connectivity index (χ3n) is 4.74. The number of esters is 1. The van der Waals surface area contributed by atoms with Crippen LogP contribution < -0.4 is 20.3 Å². The number of hydrogen-bond donors (Lipinski definition) is 2. The van der Waals surface area contributed by atoms with Crippen LogP contribution in [-0.4, -0.2) is 41.9 Å². The zero-order chi connectivity index (χ0) is 24.7. The Morgan fingerprint density at radius 2 is 1.94 bits per heavy atom. The molecule has 0 bridgehead atoms. The number of furan rings is 1. The van der Waals surface area contributed by atoms with Crippen LogP contribution in [0.1, 0.15) is 37.3 Å². The first-order chi connectivity index (χ1) is 16.3. The molecule has 0 unspecified atom stereocenters. The average molecular weight is 469 g/mol. The number of aromatic amines is 1. The largest absolute Gasteiger partial charge is 0.490 e. The number of hydrogen-bond acceptors (Lipinski definition) is 8. The zero-order valence-corrected chi connectivity index (χ0v) is 19.5. The number of nitrogens with zero attached hydrogens (tertiary/aromatic N) is 1. The molecule has 10 heteroatoms. The van der Waals surface area contributed by atoms with Crippen molar-refractivity contribution in [2.45, 2.75) is 34.1 Å². The Morgan fingerprint density at radius 1 is 1.15 bits per heavy atom. The van der Waals surface area contributed by atoms with Gasteiger partial charge in [0, 0.05) is 6.08 Å². The van der Waals surface area contributed by atoms with Gasteiger partial charge in [-0.15, -0.1) is 0 Å². The summed E-state index contributed by atoms with van der Waals surface area (Å²) in [5.41, 5.74) is 0.769. The Kier molecular flexibility index (Phi) is 8.07. The van der Waals surface area contributed by atoms with Crippen molar-refractivity contribution in [3.05, 3.63) is 51.6 Å². The lowest BCUT2D eigenvalue weighted by Crippen LogP contribution is -2.21. The number of H-pyrrole nitrogens is 1. The third kappa shape index (κ3) is 5.83. The predicted molar refractivity (Wildman–Crippen MR) is 126 cm³/mol. The highest BCUT2D eigenvalue weighted by Gasteiger charge is 2.19. The molecule has 3 aromatic rings. The summed E-state index contributed by atoms with van der Waals surface area (Å²) in [6, 6.07) is 5.31. The minimum atomic E-state index is -0.710. The summed E-state index contributed by atoms with van der Waals surface area (Å²) in [7, 11) is 0. The highest BCUT2D eigenvalue weighted by Crippen LogP contribution is 2.29. The van der Waals surface area contributed by atoms with Crippen LogP contribution in [0.3, 0.4) is 0 Å². The van der Waals surface area contributed by atoms with Crippen molar-refractivity contribution in [2.24, 2.45) is 0 Å². The van der Waals surface area contributed by atoms with Crippen LogP contribution in [0.25, 0.3) is 16.8 Å². The van der Waals surface area contributed by atoms with Crippen LogP contribution >= 0.6 is 0 Å². The maximum Gasteiger partial charge on any atom is 0.331 e. The van der Waals surface area contributed by atoms with Crippen LogP contribution in [0.2, 0.25) is 0 Å². The molecular formula is C24H27N3O7. The number of ether oxygens (including phenoxy) is 3. The quantitative estimate of drug-likeness (QED) is 0.340. The minimum Gasteiger partial charge on any atom is -0.490 e. The van der Waals surface area contributed by atoms with Gasteiger partial charge in [0.25, 0.3) is 11.5 Å². The fraction of sp³-hybridized carbons (Fsp3) is 0.333. The van der Waals surface area contributed by atoms with Gasteiger partial charge in [0.05, 0.1) is 24.3 Å². The normalized spacial score (nSPS) is 11.1. The van der Waals surface area contributed by atoms with E-state index in [1.165, 1.54) is 6.08 Å². The summed E-state index contributed by atoms with van der Waals surface area (Å²) >= 11 is 0. The number of carbonyl (C=O) groups is 2. The SMILES string of the molecule is CCCOc1ccc(/C=C/C(=O)OCC(=O)Nc2oc(C)c3c(C)n[nH]c(=O)c23)cc1OCC. The Bertz CT molecular complexity index is 1270. The van der Waals surface area contributed by atoms with Gasteiger partial charge in [0.1, 0.15) is 11.1 Å². The van der Waals surface area contributed by atoms with Crippen LogP contribution in [-0.2, 0) is 14.3 Å². The second-order valence-electron chi connectivity index (χ2n) is 7.35. The van der Waals surface area contributed by atoms with Crippen molar-refractivity contribution in [3.8, 4) is 11.5 Å². The maximum atomic E-state index is 12.2. The first kappa shape index (κ1) is 24.6. The fourth-order valence-corrected chi connectivity index (χ4v) is 3.27. The number of amides is 1. The molecule has 2 aromatic heterocycles. The molecule has 0 atom stereocenters. The Labute approximate surface area is 195 Å². The molecule has 0 spiro atoms. The Balaban J connectivity index is 1.61. The Hall–Kier alpha value is -4.08. The van der Waals surface area contributed by atoms with Crippen molar-refractivity contribution in [1.82, 2.24) is 10.2 Å². The number of fused-ring (bicyclic) bond motifs is 1. The second kappa shape index (κ2) is 11.2. The average Bonchev–Trinajstić information content (AvgIpc) is 3.15. The first-order valence-electron chi connectivity index (χ1n) is 10.9. The first-order valence-corrected chi connectivity index (χ1v) is 10.9. The van der Waals surface area contributed by atoms with Gasteiger partial charge in [0.15, 0.2) is 18.1 Å². The molecule has 0 saturated carbocycles. The van der Waals surface area contributed by atoms with Gasteiger partial charge in [-0.25, -0.2) is 9.89 Å². The lowest BCUT2D eigenvalue weighted by Gasteiger charge is -2.12. The summed E-state index contributed by atoms with van der Waals surface area (Å²) in [5.74, 6) is 0.265. The molecule has 34 heavy (non-hydrogen) atoms. The number of rotatable bonds is 10. The number of nitrogens with one attached hydrogen (secondary N) is 2. The second-order valence-corrected chi connectivity index (χ2v) is 7.35. The van der Waals surface area contributed by atoms with Gasteiger partial charge < -0.3 is 18.6 Å². The van der Waals surface area contributed by atoms with Gasteiger partial charge in [-0.3, -0.25) is 14.9 Å². The number of aromatic nitrogens is 2. The minimum absolute atomic E-state index is 0.0234. The standard InChI is InChI=1S/C24H27N3O7/c1-5-11-32-17-9-7-16(12-18(17)31-6-2)8-10-20(29)33-13-19(28)25-24-22-21(15(4)34-24)14(3)26-27-23(22)30/h7-10,12H,5-6,11,13H2,1-4H3,(H,25,28)(H,27,30)/b10-8+. The molecule has 0 aliphatic rings. The van der Waals surface area contributed by atoms with Crippen LogP contribution in [0.4, 0.5) is 5.88 Å². The van der Waals surface area contributed by atoms with E-state index in [0.717, 1.165) is 6.42 Å². The summed E-state index contributed by atoms with van der Waals surface area (Å²) in [6.07, 6.45) is 3.62. The molecule has 10 nitrogen and oxygen atoms in total. The predicted octanol–water partition coefficient (Wildman–Crippen LogP) is 3.52. The van der Waals surface area contributed by atoms with Crippen molar-refractivity contribution >= 4 is 34.6 Å². The van der Waals surface area contributed by atoms with Crippen LogP contribution in [0, 0.1) is 13.8 Å². The third-order valence-corrected chi connectivity index (χ3v) is 4.74. The van der Waals surface area contributed by atoms with Crippen molar-refractivity contribution in [3.63, 3.8) is 0 Å². The van der Waals surface area contributed by atoms with Gasteiger partial charge in [-0.05, 0) is 51.0 Å². The van der Waals surface area contributed by atoms with E-state index in [0.29, 0.717) is 47.1 Å². The van der Waals surface area contributed by atoms with Crippen LogP contribution in [0.5, 0.6) is 11.5 Å². The van der Waals surface area contributed by atoms with E-state index < -0.39 is 24.0 Å². The van der Waals surface area contributed by atoms with Gasteiger partial charge in [0.2, 0.25) is 5.88 Å². The number of anilines is 1. The van der Waals surface area contributed by atoms with E-state index in [2.05, 4.69) is 15.5 Å². The summed E-state index contributed by atoms with van der Waals surface area (Å²) < 4.78 is 21.8. The molecule has 180 valence electrons. The maximum absolute atomic E-state index is 12.2. The monoisotopic (exact) mass is 469 g/mol. The number of benzene rings is 1. The van der Waals surface area contributed by atoms with Crippen molar-refractivity contribution in [1.29, 1.82) is 0 Å². The molecule has 0 radical (unpaired) electrons. The van der Waals surface area contributed by atoms with Crippen LogP contribution in [0.15, 0.2) is 33.5 Å². The smallest absolute Gasteiger partial charge is 0.331 e. The molecule has 2 heterocycles. The van der Waals surface area contributed by atoms with E-state index in [9.17, 15) is 14.4 Å². The topological polar surface area (TPSA) is 133 Å². The number of carbonyl (C=O) groups excluding carboxylic acids is 2. The van der Waals surface area contributed by atoms with Gasteiger partial charge in [-0.1, -0.05) is 13.0 Å². The highest BCUT2D eigenvalue weighted by atomic mass is 16.5. The molecule has 2 N–H and O–H groups in total. The van der Waals surface area contributed by atoms with Gasteiger partial charge in [-0.2, -0.15) is 5.10 Å². The molecule has 0 aliphatic carbocycles. The molecule has 0 saturated heterocycles. The van der Waals surface area contributed by atoms with E-state index in [1.54, 1.807) is 38.1 Å². The van der Waals surface area contributed by atoms with E-state index in [4.69, 9.17) is 18.6 Å². The molecule has 1 amide bonds. The highest BCUT2D eigenvalue weighted by molar-refractivity contribution is 6.02. The number of aryl methyl sites for hydroxylation is 2. The summed E-state index contributed by atoms with van der Waals surface area (Å²) in [5, 5.41) is 9.41. The molecule has 3 rings (SSSR count). The van der Waals surface area contributed by atoms with Crippen molar-refractivity contribution in [2.75, 3.05) is 25.1 Å². The molecule has 1 aromatic carbocycles. The Morgan fingerprint density at radius 3 is 2.68 bits per heavy atom. The summed E-state index contributed by atoms with van der Waals surface area (Å²) in [6.45, 7) is 7.75. The lowest BCUT2D eigenvalue weighted by atomic mass is 10.2. The fourth-order valence-electron chi connectivity index (χ4n) is 3.27. The van der Waals surface area contributed by atoms with E-state index in [-0.39, 0.29) is 11.3 Å². The lowest BCUT2D eigenvalue weighted by molar-refractivity contribution is -0.142. The van der Waals surface area contributed by atoms with Crippen molar-refractivity contribution < 1.29 is 28.2 Å². The molecule has 0 fully saturated rings. The molecular weight excluding hydrogens is 442 g/mol. The molecule has 0 aliphatic heterocycles. The van der Waals surface area contributed by atoms with E-state index in [1.807, 2.05) is 13.8 Å². The zero-order valence-electron chi connectivity index (χ0n) is 19.5. The summed E-state index contributed by atoms with van der Waals surface area (Å²) in [4.78, 5) is 36.5. The van der Waals surface area contributed by atoms with Gasteiger partial charge >= 0.3 is 5.97 Å². The van der Waals surface area contributed by atoms with E-state index >= 15 is 0 Å².